The number of nitrogens with one attached hydrogen (secondary N) is 1. The molecule has 0 atom stereocenters. The minimum atomic E-state index is -0.354. The summed E-state index contributed by atoms with van der Waals surface area (Å²) >= 11 is 7.58. The van der Waals surface area contributed by atoms with E-state index >= 15 is 0 Å². The van der Waals surface area contributed by atoms with Crippen LogP contribution in [0.3, 0.4) is 0 Å². The molecule has 2 heterocycles. The maximum absolute atomic E-state index is 12.6. The fraction of sp³-hybridized carbons (Fsp3) is 0.143. The summed E-state index contributed by atoms with van der Waals surface area (Å²) in [7, 11) is 0. The van der Waals surface area contributed by atoms with Gasteiger partial charge in [0.25, 0.3) is 5.56 Å². The highest BCUT2D eigenvalue weighted by Crippen LogP contribution is 2.24. The molecule has 1 N–H and O–H groups in total. The zero-order chi connectivity index (χ0) is 20.4. The minimum Gasteiger partial charge on any atom is -0.300 e. The van der Waals surface area contributed by atoms with Gasteiger partial charge in [0.15, 0.2) is 5.13 Å². The Hall–Kier alpha value is -3.03. The number of amides is 1. The molecule has 4 rings (SSSR count). The van der Waals surface area contributed by atoms with Crippen LogP contribution < -0.4 is 10.9 Å². The van der Waals surface area contributed by atoms with Crippen molar-refractivity contribution in [1.82, 2.24) is 14.8 Å². The van der Waals surface area contributed by atoms with Gasteiger partial charge >= 0.3 is 0 Å². The van der Waals surface area contributed by atoms with Gasteiger partial charge in [-0.2, -0.15) is 5.10 Å². The first kappa shape index (κ1) is 19.3. The van der Waals surface area contributed by atoms with E-state index in [1.807, 2.05) is 43.3 Å². The van der Waals surface area contributed by atoms with Gasteiger partial charge in [-0.05, 0) is 24.6 Å². The number of nitrogens with zero attached hydrogens (tertiary/aromatic N) is 3. The van der Waals surface area contributed by atoms with Crippen LogP contribution in [0.4, 0.5) is 5.13 Å². The quantitative estimate of drug-likeness (QED) is 0.524. The molecule has 0 fully saturated rings. The van der Waals surface area contributed by atoms with Crippen molar-refractivity contribution in [3.05, 3.63) is 86.2 Å². The molecule has 0 bridgehead atoms. The Morgan fingerprint density at radius 3 is 2.66 bits per heavy atom. The summed E-state index contributed by atoms with van der Waals surface area (Å²) in [6, 6.07) is 14.9. The third-order valence-corrected chi connectivity index (χ3v) is 5.75. The van der Waals surface area contributed by atoms with E-state index < -0.39 is 0 Å². The topological polar surface area (TPSA) is 76.9 Å². The molecule has 0 aliphatic heterocycles. The average molecular weight is 425 g/mol. The second-order valence-corrected chi connectivity index (χ2v) is 8.06. The molecule has 0 aliphatic carbocycles. The Kier molecular flexibility index (Phi) is 5.42. The van der Waals surface area contributed by atoms with Gasteiger partial charge in [-0.15, -0.1) is 11.3 Å². The summed E-state index contributed by atoms with van der Waals surface area (Å²) in [5.41, 5.74) is 1.40. The number of aromatic nitrogens is 3. The molecule has 0 saturated heterocycles. The Labute approximate surface area is 175 Å². The van der Waals surface area contributed by atoms with Gasteiger partial charge in [0, 0.05) is 27.9 Å². The van der Waals surface area contributed by atoms with Crippen molar-refractivity contribution in [1.29, 1.82) is 0 Å². The van der Waals surface area contributed by atoms with E-state index in [0.29, 0.717) is 27.7 Å². The highest BCUT2D eigenvalue weighted by molar-refractivity contribution is 7.15. The first-order valence-corrected chi connectivity index (χ1v) is 10.1. The second-order valence-electron chi connectivity index (χ2n) is 6.54. The van der Waals surface area contributed by atoms with Gasteiger partial charge in [0.2, 0.25) is 5.91 Å². The standard InChI is InChI=1S/C21H17ClN4O2S/c1-13-16-7-3-4-8-17(16)20(28)26(25-13)12-19(27)24-21-23-11-15(29-21)10-14-6-2-5-9-18(14)22/h2-9,11H,10,12H2,1H3,(H,23,24,27). The van der Waals surface area contributed by atoms with Crippen molar-refractivity contribution in [2.45, 2.75) is 19.9 Å². The van der Waals surface area contributed by atoms with Crippen LogP contribution in [0, 0.1) is 6.92 Å². The number of fused-ring (bicyclic) bond motifs is 1. The van der Waals surface area contributed by atoms with Gasteiger partial charge < -0.3 is 5.32 Å². The van der Waals surface area contributed by atoms with Crippen LogP contribution in [-0.2, 0) is 17.8 Å². The molecule has 0 unspecified atom stereocenters. The van der Waals surface area contributed by atoms with Gasteiger partial charge in [-0.3, -0.25) is 9.59 Å². The van der Waals surface area contributed by atoms with Crippen LogP contribution >= 0.6 is 22.9 Å². The molecule has 2 aromatic carbocycles. The SMILES string of the molecule is Cc1nn(CC(=O)Nc2ncc(Cc3ccccc3Cl)s2)c(=O)c2ccccc12. The third kappa shape index (κ3) is 4.21. The highest BCUT2D eigenvalue weighted by Gasteiger charge is 2.13. The number of hydrogen-bond donors (Lipinski definition) is 1. The fourth-order valence-electron chi connectivity index (χ4n) is 3.08. The van der Waals surface area contributed by atoms with Gasteiger partial charge in [-0.1, -0.05) is 48.0 Å². The predicted octanol–water partition coefficient (Wildman–Crippen LogP) is 4.04. The lowest BCUT2D eigenvalue weighted by molar-refractivity contribution is -0.117. The number of rotatable bonds is 5. The number of halogens is 1. The Bertz CT molecular complexity index is 1270. The Balaban J connectivity index is 1.48. The monoisotopic (exact) mass is 424 g/mol. The molecule has 146 valence electrons. The molecule has 0 spiro atoms. The molecule has 6 nitrogen and oxygen atoms in total. The van der Waals surface area contributed by atoms with Crippen molar-refractivity contribution in [2.24, 2.45) is 0 Å². The maximum atomic E-state index is 12.6. The van der Waals surface area contributed by atoms with E-state index in [4.69, 9.17) is 11.6 Å². The summed E-state index contributed by atoms with van der Waals surface area (Å²) in [4.78, 5) is 30.3. The molecule has 0 saturated carbocycles. The molecule has 29 heavy (non-hydrogen) atoms. The van der Waals surface area contributed by atoms with Gasteiger partial charge in [0.1, 0.15) is 6.54 Å². The van der Waals surface area contributed by atoms with Gasteiger partial charge in [0.05, 0.1) is 11.1 Å². The van der Waals surface area contributed by atoms with Crippen LogP contribution in [0.2, 0.25) is 5.02 Å². The van der Waals surface area contributed by atoms with Crippen LogP contribution in [0.5, 0.6) is 0 Å². The van der Waals surface area contributed by atoms with Crippen LogP contribution in [0.15, 0.2) is 59.5 Å². The molecular weight excluding hydrogens is 408 g/mol. The average Bonchev–Trinajstić information content (AvgIpc) is 3.14. The largest absolute Gasteiger partial charge is 0.300 e. The van der Waals surface area contributed by atoms with Crippen LogP contribution in [0.1, 0.15) is 16.1 Å². The summed E-state index contributed by atoms with van der Waals surface area (Å²) in [5.74, 6) is -0.354. The molecule has 2 aromatic heterocycles. The normalized spacial score (nSPS) is 11.0. The summed E-state index contributed by atoms with van der Waals surface area (Å²) in [6.45, 7) is 1.64. The Morgan fingerprint density at radius 1 is 1.14 bits per heavy atom. The van der Waals surface area contributed by atoms with E-state index in [0.717, 1.165) is 15.8 Å². The summed E-state index contributed by atoms with van der Waals surface area (Å²) in [5, 5.41) is 9.51. The van der Waals surface area contributed by atoms with Crippen molar-refractivity contribution >= 4 is 44.7 Å². The van der Waals surface area contributed by atoms with Crippen molar-refractivity contribution < 1.29 is 4.79 Å². The zero-order valence-corrected chi connectivity index (χ0v) is 17.1. The van der Waals surface area contributed by atoms with Crippen molar-refractivity contribution in [3.63, 3.8) is 0 Å². The van der Waals surface area contributed by atoms with Crippen LogP contribution in [-0.4, -0.2) is 20.7 Å². The number of hydrogen-bond acceptors (Lipinski definition) is 5. The number of aryl methyl sites for hydroxylation is 1. The highest BCUT2D eigenvalue weighted by atomic mass is 35.5. The number of carbonyl (C=O) groups excluding carboxylic acids is 1. The fourth-order valence-corrected chi connectivity index (χ4v) is 4.14. The summed E-state index contributed by atoms with van der Waals surface area (Å²) in [6.07, 6.45) is 2.35. The molecule has 8 heteroatoms. The van der Waals surface area contributed by atoms with Crippen LogP contribution in [0.25, 0.3) is 10.8 Å². The third-order valence-electron chi connectivity index (χ3n) is 4.47. The predicted molar refractivity (Wildman–Crippen MR) is 116 cm³/mol. The first-order chi connectivity index (χ1) is 14.0. The lowest BCUT2D eigenvalue weighted by Gasteiger charge is -2.08. The minimum absolute atomic E-state index is 0.177. The maximum Gasteiger partial charge on any atom is 0.275 e. The summed E-state index contributed by atoms with van der Waals surface area (Å²) < 4.78 is 1.19. The lowest BCUT2D eigenvalue weighted by Crippen LogP contribution is -2.30. The number of thiazole rings is 1. The number of anilines is 1. The second kappa shape index (κ2) is 8.14. The zero-order valence-electron chi connectivity index (χ0n) is 15.6. The molecule has 0 aliphatic rings. The molecule has 4 aromatic rings. The number of benzene rings is 2. The van der Waals surface area contributed by atoms with E-state index in [1.54, 1.807) is 18.3 Å². The first-order valence-electron chi connectivity index (χ1n) is 8.95. The Morgan fingerprint density at radius 2 is 1.86 bits per heavy atom. The molecule has 1 amide bonds. The smallest absolute Gasteiger partial charge is 0.275 e. The van der Waals surface area contributed by atoms with Crippen molar-refractivity contribution in [2.75, 3.05) is 5.32 Å². The van der Waals surface area contributed by atoms with Crippen molar-refractivity contribution in [3.8, 4) is 0 Å². The molecular formula is C21H17ClN4O2S. The van der Waals surface area contributed by atoms with E-state index in [2.05, 4.69) is 15.4 Å². The van der Waals surface area contributed by atoms with E-state index in [-0.39, 0.29) is 18.0 Å². The lowest BCUT2D eigenvalue weighted by atomic mass is 10.1. The van der Waals surface area contributed by atoms with E-state index in [9.17, 15) is 9.59 Å². The van der Waals surface area contributed by atoms with E-state index in [1.165, 1.54) is 16.0 Å². The van der Waals surface area contributed by atoms with Gasteiger partial charge in [-0.25, -0.2) is 9.67 Å². The number of carbonyl (C=O) groups is 1. The molecule has 0 radical (unpaired) electrons.